The summed E-state index contributed by atoms with van der Waals surface area (Å²) >= 11 is 1.32. The third-order valence-electron chi connectivity index (χ3n) is 4.08. The number of nitrogens with one attached hydrogen (secondary N) is 1. The van der Waals surface area contributed by atoms with Crippen LogP contribution in [0.5, 0.6) is 0 Å². The summed E-state index contributed by atoms with van der Waals surface area (Å²) in [4.78, 5) is 37.1. The van der Waals surface area contributed by atoms with Gasteiger partial charge in [0, 0.05) is 4.75 Å². The van der Waals surface area contributed by atoms with E-state index < -0.39 is 45.8 Å². The van der Waals surface area contributed by atoms with Gasteiger partial charge >= 0.3 is 5.97 Å². The highest BCUT2D eigenvalue weighted by Crippen LogP contribution is 2.50. The van der Waals surface area contributed by atoms with Gasteiger partial charge in [-0.15, -0.1) is 11.8 Å². The van der Waals surface area contributed by atoms with Crippen LogP contribution in [0.1, 0.15) is 24.2 Å². The van der Waals surface area contributed by atoms with E-state index in [4.69, 9.17) is 0 Å². The summed E-state index contributed by atoms with van der Waals surface area (Å²) in [6, 6.07) is 3.72. The summed E-state index contributed by atoms with van der Waals surface area (Å²) in [5.41, 5.74) is -0.143. The number of hydrogen-bond donors (Lipinski definition) is 2. The molecule has 0 radical (unpaired) electrons. The van der Waals surface area contributed by atoms with Gasteiger partial charge in [0.1, 0.15) is 23.3 Å². The van der Waals surface area contributed by atoms with Crippen molar-refractivity contribution in [2.24, 2.45) is 0 Å². The quantitative estimate of drug-likeness (QED) is 0.805. The number of hydrogen-bond acceptors (Lipinski definition) is 4. The zero-order valence-electron chi connectivity index (χ0n) is 12.4. The van der Waals surface area contributed by atoms with Gasteiger partial charge in [-0.1, -0.05) is 12.1 Å². The molecule has 3 rings (SSSR count). The van der Waals surface area contributed by atoms with Crippen LogP contribution < -0.4 is 5.32 Å². The zero-order chi connectivity index (χ0) is 16.9. The Kier molecular flexibility index (Phi) is 3.59. The lowest BCUT2D eigenvalue weighted by Crippen LogP contribution is -2.70. The van der Waals surface area contributed by atoms with E-state index in [1.165, 1.54) is 34.9 Å². The number of carbonyl (C=O) groups is 3. The van der Waals surface area contributed by atoms with Gasteiger partial charge in [0.25, 0.3) is 5.91 Å². The topological polar surface area (TPSA) is 86.7 Å². The number of nitrogens with zero attached hydrogens (tertiary/aromatic N) is 1. The number of thioether (sulfide) groups is 1. The predicted octanol–water partition coefficient (Wildman–Crippen LogP) is 1.07. The second-order valence-corrected chi connectivity index (χ2v) is 7.80. The van der Waals surface area contributed by atoms with Gasteiger partial charge < -0.3 is 15.3 Å². The van der Waals surface area contributed by atoms with Crippen LogP contribution in [0.2, 0.25) is 0 Å². The van der Waals surface area contributed by atoms with E-state index in [2.05, 4.69) is 5.32 Å². The smallest absolute Gasteiger partial charge is 0.327 e. The average Bonchev–Trinajstić information content (AvgIpc) is 2.73. The van der Waals surface area contributed by atoms with Crippen LogP contribution in [0.4, 0.5) is 4.39 Å². The van der Waals surface area contributed by atoms with Gasteiger partial charge in [-0.3, -0.25) is 9.59 Å². The molecule has 0 spiro atoms. The van der Waals surface area contributed by atoms with Gasteiger partial charge in [0.2, 0.25) is 5.91 Å². The molecule has 6 nitrogen and oxygen atoms in total. The number of carboxylic acid groups (broad SMARTS) is 1. The molecule has 2 aliphatic heterocycles. The maximum atomic E-state index is 13.6. The zero-order valence-corrected chi connectivity index (χ0v) is 13.3. The van der Waals surface area contributed by atoms with E-state index >= 15 is 0 Å². The number of halogens is 1. The highest BCUT2D eigenvalue weighted by Gasteiger charge is 2.64. The molecule has 2 saturated heterocycles. The molecule has 1 aromatic rings. The highest BCUT2D eigenvalue weighted by molar-refractivity contribution is 8.01. The standard InChI is InChI=1S/C15H15FN2O4S/c1-15(2)10(14(21)22)18-12(20)9(13(18)23-15)17-11(19)7-5-3-4-6-8(7)16/h3-6,9-10,13H,1-2H3,(H,17,19)(H,21,22). The van der Waals surface area contributed by atoms with Crippen molar-refractivity contribution in [1.29, 1.82) is 0 Å². The fourth-order valence-electron chi connectivity index (χ4n) is 3.01. The molecule has 2 fully saturated rings. The van der Waals surface area contributed by atoms with Crippen molar-refractivity contribution in [2.45, 2.75) is 36.1 Å². The van der Waals surface area contributed by atoms with Crippen LogP contribution in [0, 0.1) is 5.82 Å². The summed E-state index contributed by atoms with van der Waals surface area (Å²) in [6.07, 6.45) is 0. The number of benzene rings is 1. The van der Waals surface area contributed by atoms with Gasteiger partial charge in [0.05, 0.1) is 5.56 Å². The normalized spacial score (nSPS) is 28.0. The van der Waals surface area contributed by atoms with Gasteiger partial charge in [0.15, 0.2) is 0 Å². The van der Waals surface area contributed by atoms with Crippen LogP contribution in [0.3, 0.4) is 0 Å². The molecule has 0 aromatic heterocycles. The van der Waals surface area contributed by atoms with Crippen LogP contribution in [-0.2, 0) is 9.59 Å². The first-order valence-electron chi connectivity index (χ1n) is 7.02. The van der Waals surface area contributed by atoms with Crippen molar-refractivity contribution >= 4 is 29.5 Å². The minimum atomic E-state index is -1.07. The van der Waals surface area contributed by atoms with E-state index in [0.29, 0.717) is 0 Å². The van der Waals surface area contributed by atoms with Gasteiger partial charge in [-0.2, -0.15) is 0 Å². The Bertz CT molecular complexity index is 708. The van der Waals surface area contributed by atoms with E-state index in [1.54, 1.807) is 13.8 Å². The number of β-lactam (4-membered cyclic amide) rings is 1. The Labute approximate surface area is 136 Å². The molecule has 0 aliphatic carbocycles. The molecule has 2 heterocycles. The lowest BCUT2D eigenvalue weighted by molar-refractivity contribution is -0.159. The number of aliphatic carboxylic acids is 1. The first kappa shape index (κ1) is 15.8. The number of rotatable bonds is 3. The van der Waals surface area contributed by atoms with E-state index in [1.807, 2.05) is 0 Å². The van der Waals surface area contributed by atoms with Crippen molar-refractivity contribution in [2.75, 3.05) is 0 Å². The number of carboxylic acids is 1. The first-order valence-corrected chi connectivity index (χ1v) is 7.90. The monoisotopic (exact) mass is 338 g/mol. The third kappa shape index (κ3) is 2.37. The average molecular weight is 338 g/mol. The van der Waals surface area contributed by atoms with Crippen LogP contribution >= 0.6 is 11.8 Å². The minimum Gasteiger partial charge on any atom is -0.480 e. The molecule has 3 unspecified atom stereocenters. The number of carbonyl (C=O) groups excluding carboxylic acids is 2. The molecule has 8 heteroatoms. The molecular formula is C15H15FN2O4S. The van der Waals surface area contributed by atoms with Crippen molar-refractivity contribution in [3.63, 3.8) is 0 Å². The second-order valence-electron chi connectivity index (χ2n) is 6.03. The lowest BCUT2D eigenvalue weighted by atomic mass is 9.96. The summed E-state index contributed by atoms with van der Waals surface area (Å²) < 4.78 is 13.0. The Balaban J connectivity index is 1.78. The molecule has 23 heavy (non-hydrogen) atoms. The van der Waals surface area contributed by atoms with Crippen LogP contribution in [-0.4, -0.2) is 50.0 Å². The Morgan fingerprint density at radius 2 is 2.00 bits per heavy atom. The lowest BCUT2D eigenvalue weighted by Gasteiger charge is -2.43. The van der Waals surface area contributed by atoms with Crippen molar-refractivity contribution < 1.29 is 23.9 Å². The summed E-state index contributed by atoms with van der Waals surface area (Å²) in [7, 11) is 0. The summed E-state index contributed by atoms with van der Waals surface area (Å²) in [5.74, 6) is -2.88. The Morgan fingerprint density at radius 3 is 2.61 bits per heavy atom. The van der Waals surface area contributed by atoms with Crippen LogP contribution in [0.15, 0.2) is 24.3 Å². The van der Waals surface area contributed by atoms with Gasteiger partial charge in [-0.05, 0) is 26.0 Å². The predicted molar refractivity (Wildman–Crippen MR) is 81.4 cm³/mol. The third-order valence-corrected chi connectivity index (χ3v) is 5.65. The molecule has 1 aromatic carbocycles. The maximum Gasteiger partial charge on any atom is 0.327 e. The molecule has 122 valence electrons. The molecule has 0 saturated carbocycles. The molecule has 2 N–H and O–H groups in total. The highest BCUT2D eigenvalue weighted by atomic mass is 32.2. The fraction of sp³-hybridized carbons (Fsp3) is 0.400. The largest absolute Gasteiger partial charge is 0.480 e. The van der Waals surface area contributed by atoms with Crippen molar-refractivity contribution in [3.8, 4) is 0 Å². The summed E-state index contributed by atoms with van der Waals surface area (Å²) in [6.45, 7) is 3.50. The molecular weight excluding hydrogens is 323 g/mol. The first-order chi connectivity index (χ1) is 10.7. The molecule has 0 bridgehead atoms. The van der Waals surface area contributed by atoms with Crippen molar-refractivity contribution in [3.05, 3.63) is 35.6 Å². The second kappa shape index (κ2) is 5.23. The van der Waals surface area contributed by atoms with Crippen molar-refractivity contribution in [1.82, 2.24) is 10.2 Å². The van der Waals surface area contributed by atoms with E-state index in [-0.39, 0.29) is 5.56 Å². The SMILES string of the molecule is CC1(C)SC2C(NC(=O)c3ccccc3F)C(=O)N2C1C(=O)O. The number of fused-ring (bicyclic) bond motifs is 1. The number of amides is 2. The van der Waals surface area contributed by atoms with Crippen LogP contribution in [0.25, 0.3) is 0 Å². The van der Waals surface area contributed by atoms with E-state index in [0.717, 1.165) is 6.07 Å². The summed E-state index contributed by atoms with van der Waals surface area (Å²) in [5, 5.41) is 11.4. The fourth-order valence-corrected chi connectivity index (χ4v) is 4.64. The Hall–Kier alpha value is -2.09. The Morgan fingerprint density at radius 1 is 1.35 bits per heavy atom. The molecule has 3 atom stereocenters. The maximum absolute atomic E-state index is 13.6. The van der Waals surface area contributed by atoms with E-state index in [9.17, 15) is 23.9 Å². The van der Waals surface area contributed by atoms with Gasteiger partial charge in [-0.25, -0.2) is 9.18 Å². The molecule has 2 amide bonds. The minimum absolute atomic E-state index is 0.143. The molecule has 2 aliphatic rings.